The summed E-state index contributed by atoms with van der Waals surface area (Å²) in [5.74, 6) is 0.433. The zero-order valence-corrected chi connectivity index (χ0v) is 14.0. The fraction of sp³-hybridized carbons (Fsp3) is 0.273. The molecule has 5 rings (SSSR count). The first-order valence-electron chi connectivity index (χ1n) is 8.76. The maximum atomic E-state index is 6.61. The number of anilines is 1. The van der Waals surface area contributed by atoms with E-state index in [4.69, 9.17) is 4.74 Å². The molecule has 120 valence electrons. The molecule has 3 aromatic carbocycles. The van der Waals surface area contributed by atoms with Crippen molar-refractivity contribution in [1.29, 1.82) is 0 Å². The van der Waals surface area contributed by atoms with Crippen molar-refractivity contribution in [3.05, 3.63) is 77.9 Å². The molecule has 3 aromatic rings. The zero-order chi connectivity index (χ0) is 16.3. The van der Waals surface area contributed by atoms with Gasteiger partial charge in [0.15, 0.2) is 0 Å². The first-order valence-corrected chi connectivity index (χ1v) is 8.76. The van der Waals surface area contributed by atoms with E-state index in [2.05, 4.69) is 85.5 Å². The third-order valence-corrected chi connectivity index (χ3v) is 5.37. The predicted octanol–water partition coefficient (Wildman–Crippen LogP) is 5.45. The molecule has 2 nitrogen and oxygen atoms in total. The summed E-state index contributed by atoms with van der Waals surface area (Å²) in [6.07, 6.45) is 0.227. The average Bonchev–Trinajstić information content (AvgIpc) is 3.14. The molecule has 0 radical (unpaired) electrons. The van der Waals surface area contributed by atoms with Gasteiger partial charge < -0.3 is 9.64 Å². The van der Waals surface area contributed by atoms with Crippen LogP contribution in [0.4, 0.5) is 5.69 Å². The Hall–Kier alpha value is -2.32. The van der Waals surface area contributed by atoms with E-state index >= 15 is 0 Å². The van der Waals surface area contributed by atoms with E-state index in [0.717, 1.165) is 0 Å². The first kappa shape index (κ1) is 14.1. The highest BCUT2D eigenvalue weighted by Crippen LogP contribution is 2.56. The van der Waals surface area contributed by atoms with Crippen LogP contribution in [0, 0.1) is 5.92 Å². The molecule has 0 saturated carbocycles. The van der Waals surface area contributed by atoms with Crippen LogP contribution in [0.25, 0.3) is 10.8 Å². The van der Waals surface area contributed by atoms with E-state index in [9.17, 15) is 0 Å². The molecule has 1 aliphatic carbocycles. The number of ether oxygens (including phenoxy) is 1. The lowest BCUT2D eigenvalue weighted by molar-refractivity contribution is 0.0186. The lowest BCUT2D eigenvalue weighted by Crippen LogP contribution is -2.35. The number of para-hydroxylation sites is 1. The van der Waals surface area contributed by atoms with Crippen molar-refractivity contribution in [2.75, 3.05) is 4.90 Å². The molecule has 0 amide bonds. The molecule has 2 heteroatoms. The van der Waals surface area contributed by atoms with Gasteiger partial charge in [-0.2, -0.15) is 0 Å². The molecule has 0 aromatic heterocycles. The van der Waals surface area contributed by atoms with E-state index in [0.29, 0.717) is 5.92 Å². The molecule has 1 aliphatic heterocycles. The topological polar surface area (TPSA) is 12.5 Å². The third kappa shape index (κ3) is 1.81. The second-order valence-electron chi connectivity index (χ2n) is 7.17. The molecular weight excluding hydrogens is 294 g/mol. The standard InChI is InChI=1S/C22H21NO/c1-14(2)22-23(16-10-4-3-5-11-16)20-17-12-6-8-15-9-7-13-18(19(15)17)21(20)24-22/h3-14,20-22H,1-2H3/t20-,21-,22+/m1/s1. The van der Waals surface area contributed by atoms with Crippen LogP contribution in [0.2, 0.25) is 0 Å². The van der Waals surface area contributed by atoms with Gasteiger partial charge in [-0.05, 0) is 39.9 Å². The fourth-order valence-corrected chi connectivity index (χ4v) is 4.42. The van der Waals surface area contributed by atoms with E-state index in [1.807, 2.05) is 0 Å². The van der Waals surface area contributed by atoms with Crippen molar-refractivity contribution < 1.29 is 4.74 Å². The lowest BCUT2D eigenvalue weighted by Gasteiger charge is -2.32. The second-order valence-corrected chi connectivity index (χ2v) is 7.17. The lowest BCUT2D eigenvalue weighted by atomic mass is 10.0. The van der Waals surface area contributed by atoms with Gasteiger partial charge in [-0.3, -0.25) is 0 Å². The van der Waals surface area contributed by atoms with Crippen molar-refractivity contribution in [3.8, 4) is 0 Å². The normalized spacial score (nSPS) is 24.8. The van der Waals surface area contributed by atoms with Crippen molar-refractivity contribution >= 4 is 16.5 Å². The number of hydrogen-bond donors (Lipinski definition) is 0. The van der Waals surface area contributed by atoms with Gasteiger partial charge in [0.1, 0.15) is 12.3 Å². The van der Waals surface area contributed by atoms with Crippen LogP contribution in [0.15, 0.2) is 66.7 Å². The van der Waals surface area contributed by atoms with Gasteiger partial charge >= 0.3 is 0 Å². The second kappa shape index (κ2) is 5.09. The van der Waals surface area contributed by atoms with Crippen molar-refractivity contribution in [2.45, 2.75) is 32.2 Å². The van der Waals surface area contributed by atoms with E-state index < -0.39 is 0 Å². The van der Waals surface area contributed by atoms with Gasteiger partial charge in [-0.25, -0.2) is 0 Å². The predicted molar refractivity (Wildman–Crippen MR) is 98.1 cm³/mol. The third-order valence-electron chi connectivity index (χ3n) is 5.37. The molecule has 2 aliphatic rings. The van der Waals surface area contributed by atoms with Gasteiger partial charge in [0.2, 0.25) is 0 Å². The monoisotopic (exact) mass is 315 g/mol. The zero-order valence-electron chi connectivity index (χ0n) is 14.0. The largest absolute Gasteiger partial charge is 0.348 e. The SMILES string of the molecule is CC(C)[C@@H]1O[C@@H]2c3cccc4cccc(c34)[C@H]2N1c1ccccc1. The highest BCUT2D eigenvalue weighted by molar-refractivity contribution is 5.92. The molecule has 0 N–H and O–H groups in total. The Balaban J connectivity index is 1.73. The number of benzene rings is 3. The number of fused-ring (bicyclic) bond motifs is 3. The molecule has 0 spiro atoms. The summed E-state index contributed by atoms with van der Waals surface area (Å²) in [5.41, 5.74) is 3.99. The van der Waals surface area contributed by atoms with E-state index in [1.54, 1.807) is 0 Å². The van der Waals surface area contributed by atoms with Gasteiger partial charge in [0.05, 0.1) is 6.04 Å². The maximum Gasteiger partial charge on any atom is 0.133 e. The van der Waals surface area contributed by atoms with Crippen LogP contribution in [-0.4, -0.2) is 6.23 Å². The summed E-state index contributed by atoms with van der Waals surface area (Å²) in [6, 6.07) is 24.2. The Bertz CT molecular complexity index is 897. The fourth-order valence-electron chi connectivity index (χ4n) is 4.42. The van der Waals surface area contributed by atoms with Crippen molar-refractivity contribution in [1.82, 2.24) is 0 Å². The van der Waals surface area contributed by atoms with Gasteiger partial charge in [0.25, 0.3) is 0 Å². The summed E-state index contributed by atoms with van der Waals surface area (Å²) >= 11 is 0. The number of hydrogen-bond acceptors (Lipinski definition) is 2. The Labute approximate surface area is 142 Å². The highest BCUT2D eigenvalue weighted by Gasteiger charge is 2.49. The summed E-state index contributed by atoms with van der Waals surface area (Å²) in [5, 5.41) is 2.70. The van der Waals surface area contributed by atoms with Gasteiger partial charge in [-0.15, -0.1) is 0 Å². The first-order chi connectivity index (χ1) is 11.8. The molecular formula is C22H21NO. The van der Waals surface area contributed by atoms with Crippen LogP contribution in [-0.2, 0) is 4.74 Å². The van der Waals surface area contributed by atoms with Gasteiger partial charge in [0, 0.05) is 5.69 Å². The van der Waals surface area contributed by atoms with Crippen LogP contribution in [0.3, 0.4) is 0 Å². The van der Waals surface area contributed by atoms with Crippen LogP contribution >= 0.6 is 0 Å². The van der Waals surface area contributed by atoms with Gasteiger partial charge in [-0.1, -0.05) is 68.4 Å². The number of nitrogens with zero attached hydrogens (tertiary/aromatic N) is 1. The summed E-state index contributed by atoms with van der Waals surface area (Å²) in [7, 11) is 0. The maximum absolute atomic E-state index is 6.61. The minimum atomic E-state index is 0.103. The Morgan fingerprint density at radius 1 is 0.833 bits per heavy atom. The molecule has 1 fully saturated rings. The molecule has 1 heterocycles. The Morgan fingerprint density at radius 2 is 1.54 bits per heavy atom. The van der Waals surface area contributed by atoms with E-state index in [1.165, 1.54) is 27.6 Å². The molecule has 0 bridgehead atoms. The summed E-state index contributed by atoms with van der Waals surface area (Å²) in [4.78, 5) is 2.49. The van der Waals surface area contributed by atoms with Crippen LogP contribution < -0.4 is 4.90 Å². The summed E-state index contributed by atoms with van der Waals surface area (Å²) < 4.78 is 6.61. The minimum Gasteiger partial charge on any atom is -0.348 e. The Kier molecular flexibility index (Phi) is 2.98. The molecule has 24 heavy (non-hydrogen) atoms. The highest BCUT2D eigenvalue weighted by atomic mass is 16.5. The van der Waals surface area contributed by atoms with Crippen LogP contribution in [0.5, 0.6) is 0 Å². The quantitative estimate of drug-likeness (QED) is 0.623. The van der Waals surface area contributed by atoms with Crippen molar-refractivity contribution in [2.24, 2.45) is 5.92 Å². The average molecular weight is 315 g/mol. The Morgan fingerprint density at radius 3 is 2.25 bits per heavy atom. The van der Waals surface area contributed by atoms with E-state index in [-0.39, 0.29) is 18.4 Å². The van der Waals surface area contributed by atoms with Crippen molar-refractivity contribution in [3.63, 3.8) is 0 Å². The summed E-state index contributed by atoms with van der Waals surface area (Å²) in [6.45, 7) is 4.49. The molecule has 1 saturated heterocycles. The molecule has 0 unspecified atom stereocenters. The smallest absolute Gasteiger partial charge is 0.133 e. The number of rotatable bonds is 2. The molecule has 3 atom stereocenters. The van der Waals surface area contributed by atoms with Crippen LogP contribution in [0.1, 0.15) is 37.1 Å². The minimum absolute atomic E-state index is 0.103.